The van der Waals surface area contributed by atoms with Crippen LogP contribution in [0.1, 0.15) is 5.56 Å². The summed E-state index contributed by atoms with van der Waals surface area (Å²) in [7, 11) is 1.59. The highest BCUT2D eigenvalue weighted by molar-refractivity contribution is 6.31. The van der Waals surface area contributed by atoms with Crippen LogP contribution in [0.15, 0.2) is 54.9 Å². The van der Waals surface area contributed by atoms with Gasteiger partial charge in [-0.1, -0.05) is 41.9 Å². The fraction of sp³-hybridized carbons (Fsp3) is 0.158. The van der Waals surface area contributed by atoms with Crippen LogP contribution in [-0.2, 0) is 6.42 Å². The lowest BCUT2D eigenvalue weighted by molar-refractivity contribution is 0.417. The van der Waals surface area contributed by atoms with Crippen LogP contribution in [0.5, 0.6) is 5.75 Å². The topological polar surface area (TPSA) is 85.1 Å². The number of halogens is 1. The molecular formula is C19H20ClN5O. The minimum absolute atomic E-state index is 0.433. The van der Waals surface area contributed by atoms with Crippen molar-refractivity contribution >= 4 is 34.6 Å². The largest absolute Gasteiger partial charge is 0.495 e. The van der Waals surface area contributed by atoms with Crippen LogP contribution in [-0.4, -0.2) is 23.6 Å². The van der Waals surface area contributed by atoms with Gasteiger partial charge in [-0.05, 0) is 30.2 Å². The Hall–Kier alpha value is -2.99. The minimum atomic E-state index is 0.433. The highest BCUT2D eigenvalue weighted by Gasteiger charge is 2.11. The first-order valence-electron chi connectivity index (χ1n) is 8.16. The SMILES string of the molecule is COc1ccc(Cl)cc1Nc1ncnc(NCCc2ccccc2)c1N. The highest BCUT2D eigenvalue weighted by atomic mass is 35.5. The first kappa shape index (κ1) is 17.8. The normalized spacial score (nSPS) is 10.4. The van der Waals surface area contributed by atoms with Crippen molar-refractivity contribution in [2.75, 3.05) is 30.0 Å². The molecule has 3 aromatic rings. The third-order valence-electron chi connectivity index (χ3n) is 3.85. The van der Waals surface area contributed by atoms with E-state index >= 15 is 0 Å². The summed E-state index contributed by atoms with van der Waals surface area (Å²) in [5.74, 6) is 1.72. The molecule has 1 aromatic heterocycles. The van der Waals surface area contributed by atoms with E-state index in [1.165, 1.54) is 11.9 Å². The fourth-order valence-electron chi connectivity index (χ4n) is 2.51. The first-order valence-corrected chi connectivity index (χ1v) is 8.54. The average molecular weight is 370 g/mol. The van der Waals surface area contributed by atoms with Crippen LogP contribution in [0.25, 0.3) is 0 Å². The molecule has 7 heteroatoms. The minimum Gasteiger partial charge on any atom is -0.495 e. The predicted octanol–water partition coefficient (Wildman–Crippen LogP) is 4.12. The molecule has 0 saturated heterocycles. The summed E-state index contributed by atoms with van der Waals surface area (Å²) in [5, 5.41) is 6.99. The van der Waals surface area contributed by atoms with Crippen LogP contribution in [0, 0.1) is 0 Å². The van der Waals surface area contributed by atoms with Crippen molar-refractivity contribution in [3.63, 3.8) is 0 Å². The van der Waals surface area contributed by atoms with Crippen LogP contribution in [0.2, 0.25) is 5.02 Å². The Morgan fingerprint density at radius 3 is 2.62 bits per heavy atom. The summed E-state index contributed by atoms with van der Waals surface area (Å²) in [6, 6.07) is 15.5. The van der Waals surface area contributed by atoms with Gasteiger partial charge in [-0.25, -0.2) is 9.97 Å². The number of anilines is 4. The summed E-state index contributed by atoms with van der Waals surface area (Å²) in [4.78, 5) is 8.45. The average Bonchev–Trinajstić information content (AvgIpc) is 2.66. The molecule has 0 amide bonds. The number of rotatable bonds is 7. The standard InChI is InChI=1S/C19H20ClN5O/c1-26-16-8-7-14(20)11-15(16)25-19-17(21)18(23-12-24-19)22-10-9-13-5-3-2-4-6-13/h2-8,11-12H,9-10,21H2,1H3,(H2,22,23,24,25). The number of hydrogen-bond acceptors (Lipinski definition) is 6. The number of nitrogens with two attached hydrogens (primary N) is 1. The van der Waals surface area contributed by atoms with Gasteiger partial charge in [0.1, 0.15) is 17.8 Å². The van der Waals surface area contributed by atoms with Crippen molar-refractivity contribution in [2.24, 2.45) is 0 Å². The molecule has 0 fully saturated rings. The van der Waals surface area contributed by atoms with Crippen molar-refractivity contribution < 1.29 is 4.74 Å². The number of ether oxygens (including phenoxy) is 1. The molecule has 2 aromatic carbocycles. The Kier molecular flexibility index (Phi) is 5.76. The fourth-order valence-corrected chi connectivity index (χ4v) is 2.68. The summed E-state index contributed by atoms with van der Waals surface area (Å²) in [6.45, 7) is 0.713. The van der Waals surface area contributed by atoms with E-state index < -0.39 is 0 Å². The molecule has 1 heterocycles. The zero-order chi connectivity index (χ0) is 18.4. The molecule has 0 radical (unpaired) electrons. The number of methoxy groups -OCH3 is 1. The highest BCUT2D eigenvalue weighted by Crippen LogP contribution is 2.32. The number of nitrogen functional groups attached to an aromatic ring is 1. The molecule has 3 rings (SSSR count). The Labute approximate surface area is 157 Å². The Morgan fingerprint density at radius 1 is 1.08 bits per heavy atom. The molecule has 0 aliphatic carbocycles. The monoisotopic (exact) mass is 369 g/mol. The van der Waals surface area contributed by atoms with Gasteiger partial charge in [0.15, 0.2) is 11.6 Å². The lowest BCUT2D eigenvalue weighted by atomic mass is 10.1. The van der Waals surface area contributed by atoms with Crippen LogP contribution in [0.4, 0.5) is 23.0 Å². The second kappa shape index (κ2) is 8.40. The summed E-state index contributed by atoms with van der Waals surface area (Å²) in [6.07, 6.45) is 2.33. The number of hydrogen-bond donors (Lipinski definition) is 3. The maximum absolute atomic E-state index is 6.22. The van der Waals surface area contributed by atoms with E-state index in [1.54, 1.807) is 25.3 Å². The molecule has 134 valence electrons. The summed E-state index contributed by atoms with van der Waals surface area (Å²) in [5.41, 5.74) is 8.58. The second-order valence-electron chi connectivity index (χ2n) is 5.62. The Morgan fingerprint density at radius 2 is 1.85 bits per heavy atom. The zero-order valence-electron chi connectivity index (χ0n) is 14.4. The molecule has 0 unspecified atom stereocenters. The van der Waals surface area contributed by atoms with Crippen molar-refractivity contribution in [1.29, 1.82) is 0 Å². The molecule has 4 N–H and O–H groups in total. The van der Waals surface area contributed by atoms with Gasteiger partial charge in [0.05, 0.1) is 12.8 Å². The summed E-state index contributed by atoms with van der Waals surface area (Å²) >= 11 is 6.07. The van der Waals surface area contributed by atoms with Crippen LogP contribution in [0.3, 0.4) is 0 Å². The van der Waals surface area contributed by atoms with E-state index in [0.717, 1.165) is 6.42 Å². The Balaban J connectivity index is 1.72. The second-order valence-corrected chi connectivity index (χ2v) is 6.05. The smallest absolute Gasteiger partial charge is 0.159 e. The van der Waals surface area contributed by atoms with Gasteiger partial charge >= 0.3 is 0 Å². The molecule has 0 aliphatic rings. The number of aromatic nitrogens is 2. The van der Waals surface area contributed by atoms with Gasteiger partial charge in [0.25, 0.3) is 0 Å². The van der Waals surface area contributed by atoms with Gasteiger partial charge in [-0.2, -0.15) is 0 Å². The van der Waals surface area contributed by atoms with Gasteiger partial charge in [0.2, 0.25) is 0 Å². The van der Waals surface area contributed by atoms with E-state index in [2.05, 4.69) is 32.7 Å². The molecule has 0 aliphatic heterocycles. The predicted molar refractivity (Wildman–Crippen MR) is 106 cm³/mol. The van der Waals surface area contributed by atoms with E-state index in [0.29, 0.717) is 40.3 Å². The lowest BCUT2D eigenvalue weighted by Crippen LogP contribution is -2.11. The van der Waals surface area contributed by atoms with Crippen LogP contribution < -0.4 is 21.1 Å². The maximum Gasteiger partial charge on any atom is 0.159 e. The van der Waals surface area contributed by atoms with E-state index in [1.807, 2.05) is 18.2 Å². The van der Waals surface area contributed by atoms with E-state index in [-0.39, 0.29) is 0 Å². The van der Waals surface area contributed by atoms with Crippen molar-refractivity contribution in [1.82, 2.24) is 9.97 Å². The third-order valence-corrected chi connectivity index (χ3v) is 4.08. The van der Waals surface area contributed by atoms with E-state index in [4.69, 9.17) is 22.1 Å². The van der Waals surface area contributed by atoms with Crippen molar-refractivity contribution in [2.45, 2.75) is 6.42 Å². The molecule has 26 heavy (non-hydrogen) atoms. The number of benzene rings is 2. The number of nitrogens with zero attached hydrogens (tertiary/aromatic N) is 2. The molecule has 0 bridgehead atoms. The lowest BCUT2D eigenvalue weighted by Gasteiger charge is -2.14. The molecule has 0 saturated carbocycles. The van der Waals surface area contributed by atoms with Crippen molar-refractivity contribution in [3.05, 3.63) is 65.4 Å². The summed E-state index contributed by atoms with van der Waals surface area (Å²) < 4.78 is 5.34. The van der Waals surface area contributed by atoms with Gasteiger partial charge in [-0.15, -0.1) is 0 Å². The molecular weight excluding hydrogens is 350 g/mol. The maximum atomic E-state index is 6.22. The zero-order valence-corrected chi connectivity index (χ0v) is 15.1. The quantitative estimate of drug-likeness (QED) is 0.581. The van der Waals surface area contributed by atoms with Gasteiger partial charge in [0, 0.05) is 11.6 Å². The molecule has 6 nitrogen and oxygen atoms in total. The van der Waals surface area contributed by atoms with Gasteiger partial charge < -0.3 is 21.1 Å². The molecule has 0 atom stereocenters. The van der Waals surface area contributed by atoms with Crippen LogP contribution >= 0.6 is 11.6 Å². The number of nitrogens with one attached hydrogen (secondary N) is 2. The molecule has 0 spiro atoms. The van der Waals surface area contributed by atoms with Gasteiger partial charge in [-0.3, -0.25) is 0 Å². The first-order chi connectivity index (χ1) is 12.7. The third kappa shape index (κ3) is 4.34. The van der Waals surface area contributed by atoms with E-state index in [9.17, 15) is 0 Å². The van der Waals surface area contributed by atoms with Crippen molar-refractivity contribution in [3.8, 4) is 5.75 Å². The Bertz CT molecular complexity index is 873.